The molecule has 34 heavy (non-hydrogen) atoms. The summed E-state index contributed by atoms with van der Waals surface area (Å²) in [7, 11) is 0. The van der Waals surface area contributed by atoms with E-state index in [4.69, 9.17) is 4.74 Å². The van der Waals surface area contributed by atoms with Gasteiger partial charge in [-0.15, -0.1) is 0 Å². The number of hydrogen-bond donors (Lipinski definition) is 1. The van der Waals surface area contributed by atoms with Crippen LogP contribution in [0.4, 0.5) is 21.0 Å². The summed E-state index contributed by atoms with van der Waals surface area (Å²) in [4.78, 5) is 37.7. The molecule has 3 heterocycles. The van der Waals surface area contributed by atoms with E-state index < -0.39 is 18.8 Å². The lowest BCUT2D eigenvalue weighted by Gasteiger charge is -2.34. The van der Waals surface area contributed by atoms with Gasteiger partial charge in [0, 0.05) is 38.9 Å². The molecule has 2 fully saturated rings. The number of alkyl halides is 1. The molecule has 10 heteroatoms. The zero-order valence-corrected chi connectivity index (χ0v) is 19.2. The molecule has 2 aromatic rings. The monoisotopic (exact) mass is 468 g/mol. The Bertz CT molecular complexity index is 1030. The van der Waals surface area contributed by atoms with Gasteiger partial charge in [-0.2, -0.15) is 4.98 Å². The number of nitrogens with zero attached hydrogens (tertiary/aromatic N) is 5. The lowest BCUT2D eigenvalue weighted by Crippen LogP contribution is -2.47. The Hall–Kier alpha value is -3.53. The normalized spacial score (nSPS) is 19.6. The summed E-state index contributed by atoms with van der Waals surface area (Å²) in [5, 5.41) is 3.24. The van der Waals surface area contributed by atoms with Gasteiger partial charge in [0.2, 0.25) is 11.9 Å². The second kappa shape index (κ2) is 10.6. The Labute approximate surface area is 198 Å². The fourth-order valence-electron chi connectivity index (χ4n) is 4.11. The first-order chi connectivity index (χ1) is 16.5. The number of piperazine rings is 1. The van der Waals surface area contributed by atoms with Crippen molar-refractivity contribution in [1.29, 1.82) is 0 Å². The molecule has 2 saturated heterocycles. The zero-order valence-electron chi connectivity index (χ0n) is 19.2. The zero-order chi connectivity index (χ0) is 24.1. The van der Waals surface area contributed by atoms with E-state index in [1.807, 2.05) is 11.8 Å². The SMILES string of the molecule is C=CC(=O)N1CCN(Cc2ccc([C@H](C)Nc3nccc(N4C(=O)OCC4CF)n3)cc2)CC1. The fraction of sp³-hybridized carbons (Fsp3) is 0.417. The molecular formula is C24H29FN6O3. The maximum atomic E-state index is 13.2. The molecule has 1 aromatic heterocycles. The van der Waals surface area contributed by atoms with Gasteiger partial charge in [0.1, 0.15) is 25.1 Å². The summed E-state index contributed by atoms with van der Waals surface area (Å²) >= 11 is 0. The molecule has 0 aliphatic carbocycles. The van der Waals surface area contributed by atoms with E-state index in [0.717, 1.165) is 25.2 Å². The van der Waals surface area contributed by atoms with Gasteiger partial charge in [0.15, 0.2) is 0 Å². The minimum Gasteiger partial charge on any atom is -0.447 e. The second-order valence-electron chi connectivity index (χ2n) is 8.41. The molecule has 180 valence electrons. The average molecular weight is 469 g/mol. The molecule has 4 rings (SSSR count). The molecule has 9 nitrogen and oxygen atoms in total. The Morgan fingerprint density at radius 3 is 2.68 bits per heavy atom. The Balaban J connectivity index is 1.34. The van der Waals surface area contributed by atoms with Crippen molar-refractivity contribution in [3.63, 3.8) is 0 Å². The van der Waals surface area contributed by atoms with Crippen molar-refractivity contribution in [2.45, 2.75) is 25.6 Å². The predicted octanol–water partition coefficient (Wildman–Crippen LogP) is 2.77. The van der Waals surface area contributed by atoms with Gasteiger partial charge in [-0.3, -0.25) is 14.6 Å². The van der Waals surface area contributed by atoms with Gasteiger partial charge in [-0.25, -0.2) is 14.2 Å². The standard InChI is InChI=1S/C24H29FN6O3/c1-3-22(32)30-12-10-29(11-13-30)15-18-4-6-19(7-5-18)17(2)27-23-26-9-8-21(28-23)31-20(14-25)16-34-24(31)33/h3-9,17,20H,1,10-16H2,2H3,(H,26,27,28)/t17-,20?/m0/s1. The van der Waals surface area contributed by atoms with Crippen molar-refractivity contribution in [2.75, 3.05) is 49.7 Å². The van der Waals surface area contributed by atoms with Crippen LogP contribution < -0.4 is 10.2 Å². The number of hydrogen-bond acceptors (Lipinski definition) is 7. The average Bonchev–Trinajstić information content (AvgIpc) is 3.25. The van der Waals surface area contributed by atoms with Crippen LogP contribution in [0.15, 0.2) is 49.2 Å². The third-order valence-corrected chi connectivity index (χ3v) is 6.12. The van der Waals surface area contributed by atoms with Crippen LogP contribution in [0.1, 0.15) is 24.1 Å². The van der Waals surface area contributed by atoms with Crippen molar-refractivity contribution < 1.29 is 18.7 Å². The van der Waals surface area contributed by atoms with Crippen LogP contribution in [0.5, 0.6) is 0 Å². The highest BCUT2D eigenvalue weighted by Crippen LogP contribution is 2.24. The number of amides is 2. The predicted molar refractivity (Wildman–Crippen MR) is 126 cm³/mol. The lowest BCUT2D eigenvalue weighted by molar-refractivity contribution is -0.127. The summed E-state index contributed by atoms with van der Waals surface area (Å²) in [6.45, 7) is 8.77. The minimum atomic E-state index is -0.704. The number of halogens is 1. The van der Waals surface area contributed by atoms with Gasteiger partial charge in [0.05, 0.1) is 6.04 Å². The summed E-state index contributed by atoms with van der Waals surface area (Å²) in [5.41, 5.74) is 2.25. The Kier molecular flexibility index (Phi) is 7.36. The molecule has 0 saturated carbocycles. The molecular weight excluding hydrogens is 439 g/mol. The van der Waals surface area contributed by atoms with Crippen LogP contribution in [0, 0.1) is 0 Å². The number of carbonyl (C=O) groups excluding carboxylic acids is 2. The number of carbonyl (C=O) groups is 2. The number of aromatic nitrogens is 2. The first kappa shape index (κ1) is 23.6. The summed E-state index contributed by atoms with van der Waals surface area (Å²) in [6, 6.07) is 9.12. The highest BCUT2D eigenvalue weighted by atomic mass is 19.1. The maximum Gasteiger partial charge on any atom is 0.416 e. The summed E-state index contributed by atoms with van der Waals surface area (Å²) in [6.07, 6.45) is 2.29. The molecule has 0 spiro atoms. The van der Waals surface area contributed by atoms with E-state index >= 15 is 0 Å². The molecule has 2 amide bonds. The molecule has 2 aliphatic heterocycles. The van der Waals surface area contributed by atoms with Crippen LogP contribution in [0.2, 0.25) is 0 Å². The van der Waals surface area contributed by atoms with E-state index in [0.29, 0.717) is 24.9 Å². The molecule has 1 N–H and O–H groups in total. The minimum absolute atomic E-state index is 0.00742. The Morgan fingerprint density at radius 1 is 1.26 bits per heavy atom. The van der Waals surface area contributed by atoms with E-state index in [2.05, 4.69) is 51.0 Å². The van der Waals surface area contributed by atoms with Gasteiger partial charge in [0.25, 0.3) is 0 Å². The maximum absolute atomic E-state index is 13.2. The number of anilines is 2. The van der Waals surface area contributed by atoms with E-state index in [1.54, 1.807) is 6.07 Å². The molecule has 2 aliphatic rings. The quantitative estimate of drug-likeness (QED) is 0.596. The molecule has 1 unspecified atom stereocenters. The van der Waals surface area contributed by atoms with E-state index in [1.165, 1.54) is 22.7 Å². The van der Waals surface area contributed by atoms with Gasteiger partial charge in [-0.05, 0) is 30.2 Å². The number of benzene rings is 1. The third-order valence-electron chi connectivity index (χ3n) is 6.12. The largest absolute Gasteiger partial charge is 0.447 e. The van der Waals surface area contributed by atoms with Crippen LogP contribution in [-0.4, -0.2) is 77.3 Å². The molecule has 0 bridgehead atoms. The lowest BCUT2D eigenvalue weighted by atomic mass is 10.1. The second-order valence-corrected chi connectivity index (χ2v) is 8.41. The van der Waals surface area contributed by atoms with Crippen molar-refractivity contribution in [1.82, 2.24) is 19.8 Å². The Morgan fingerprint density at radius 2 is 2.00 bits per heavy atom. The highest BCUT2D eigenvalue weighted by Gasteiger charge is 2.35. The molecule has 1 aromatic carbocycles. The smallest absolute Gasteiger partial charge is 0.416 e. The number of nitrogens with one attached hydrogen (secondary N) is 1. The number of rotatable bonds is 8. The van der Waals surface area contributed by atoms with Crippen molar-refractivity contribution >= 4 is 23.8 Å². The highest BCUT2D eigenvalue weighted by molar-refractivity contribution is 5.89. The van der Waals surface area contributed by atoms with Crippen LogP contribution in [0.25, 0.3) is 0 Å². The van der Waals surface area contributed by atoms with Gasteiger partial charge < -0.3 is 15.0 Å². The molecule has 2 atom stereocenters. The van der Waals surface area contributed by atoms with Crippen molar-refractivity contribution in [2.24, 2.45) is 0 Å². The van der Waals surface area contributed by atoms with E-state index in [9.17, 15) is 14.0 Å². The van der Waals surface area contributed by atoms with Crippen LogP contribution in [0.3, 0.4) is 0 Å². The third kappa shape index (κ3) is 5.33. The summed E-state index contributed by atoms with van der Waals surface area (Å²) in [5.74, 6) is 0.640. The van der Waals surface area contributed by atoms with Gasteiger partial charge >= 0.3 is 6.09 Å². The van der Waals surface area contributed by atoms with Crippen LogP contribution in [-0.2, 0) is 16.1 Å². The van der Waals surface area contributed by atoms with Gasteiger partial charge in [-0.1, -0.05) is 30.8 Å². The summed E-state index contributed by atoms with van der Waals surface area (Å²) < 4.78 is 18.2. The topological polar surface area (TPSA) is 90.9 Å². The number of cyclic esters (lactones) is 1. The first-order valence-corrected chi connectivity index (χ1v) is 11.3. The van der Waals surface area contributed by atoms with E-state index in [-0.39, 0.29) is 18.6 Å². The molecule has 0 radical (unpaired) electrons. The first-order valence-electron chi connectivity index (χ1n) is 11.3. The number of ether oxygens (including phenoxy) is 1. The fourth-order valence-corrected chi connectivity index (χ4v) is 4.11. The van der Waals surface area contributed by atoms with Crippen molar-refractivity contribution in [3.05, 3.63) is 60.3 Å². The van der Waals surface area contributed by atoms with Crippen LogP contribution >= 0.6 is 0 Å². The van der Waals surface area contributed by atoms with Crippen molar-refractivity contribution in [3.8, 4) is 0 Å².